The van der Waals surface area contributed by atoms with Gasteiger partial charge in [-0.3, -0.25) is 4.68 Å². The Morgan fingerprint density at radius 2 is 2.16 bits per heavy atom. The van der Waals surface area contributed by atoms with Crippen LogP contribution in [0.5, 0.6) is 0 Å². The first kappa shape index (κ1) is 14.1. The SMILES string of the molecule is CCC(N)C(Sc1ccccc1F)c1cnn(C)c1. The number of aryl methyl sites for hydroxylation is 1. The maximum Gasteiger partial charge on any atom is 0.136 e. The summed E-state index contributed by atoms with van der Waals surface area (Å²) in [5.41, 5.74) is 7.21. The highest BCUT2D eigenvalue weighted by atomic mass is 32.2. The minimum Gasteiger partial charge on any atom is -0.326 e. The van der Waals surface area contributed by atoms with Crippen LogP contribution in [-0.4, -0.2) is 15.8 Å². The summed E-state index contributed by atoms with van der Waals surface area (Å²) < 4.78 is 15.5. The first-order chi connectivity index (χ1) is 9.11. The van der Waals surface area contributed by atoms with Crippen molar-refractivity contribution >= 4 is 11.8 Å². The van der Waals surface area contributed by atoms with E-state index in [1.54, 1.807) is 23.0 Å². The largest absolute Gasteiger partial charge is 0.326 e. The van der Waals surface area contributed by atoms with Crippen LogP contribution < -0.4 is 5.73 Å². The van der Waals surface area contributed by atoms with Crippen LogP contribution in [0.3, 0.4) is 0 Å². The fourth-order valence-corrected chi connectivity index (χ4v) is 3.12. The van der Waals surface area contributed by atoms with Gasteiger partial charge in [-0.25, -0.2) is 4.39 Å². The Morgan fingerprint density at radius 1 is 1.42 bits per heavy atom. The van der Waals surface area contributed by atoms with E-state index in [-0.39, 0.29) is 17.1 Å². The van der Waals surface area contributed by atoms with E-state index in [1.807, 2.05) is 26.2 Å². The number of halogens is 1. The van der Waals surface area contributed by atoms with Crippen LogP contribution in [0.1, 0.15) is 24.2 Å². The molecular formula is C14H18FN3S. The molecule has 0 aliphatic carbocycles. The number of aromatic nitrogens is 2. The second-order valence-corrected chi connectivity index (χ2v) is 5.67. The first-order valence-corrected chi connectivity index (χ1v) is 7.15. The van der Waals surface area contributed by atoms with Crippen molar-refractivity contribution in [1.29, 1.82) is 0 Å². The number of thioether (sulfide) groups is 1. The summed E-state index contributed by atoms with van der Waals surface area (Å²) in [5.74, 6) is -0.204. The topological polar surface area (TPSA) is 43.8 Å². The Balaban J connectivity index is 2.27. The Labute approximate surface area is 117 Å². The third kappa shape index (κ3) is 3.36. The summed E-state index contributed by atoms with van der Waals surface area (Å²) in [6, 6.07) is 6.75. The van der Waals surface area contributed by atoms with E-state index in [0.717, 1.165) is 12.0 Å². The molecule has 102 valence electrons. The van der Waals surface area contributed by atoms with Crippen LogP contribution in [0.25, 0.3) is 0 Å². The summed E-state index contributed by atoms with van der Waals surface area (Å²) in [5, 5.41) is 4.18. The number of benzene rings is 1. The highest BCUT2D eigenvalue weighted by molar-refractivity contribution is 7.99. The lowest BCUT2D eigenvalue weighted by Crippen LogP contribution is -2.25. The minimum atomic E-state index is -0.204. The van der Waals surface area contributed by atoms with Crippen LogP contribution in [0.15, 0.2) is 41.6 Å². The van der Waals surface area contributed by atoms with Gasteiger partial charge in [-0.05, 0) is 18.6 Å². The van der Waals surface area contributed by atoms with Gasteiger partial charge >= 0.3 is 0 Å². The van der Waals surface area contributed by atoms with E-state index in [9.17, 15) is 4.39 Å². The second-order valence-electron chi connectivity index (χ2n) is 4.49. The Hall–Kier alpha value is -1.33. The number of hydrogen-bond donors (Lipinski definition) is 1. The first-order valence-electron chi connectivity index (χ1n) is 6.27. The zero-order valence-electron chi connectivity index (χ0n) is 11.1. The van der Waals surface area contributed by atoms with E-state index in [0.29, 0.717) is 4.90 Å². The van der Waals surface area contributed by atoms with E-state index in [4.69, 9.17) is 5.73 Å². The molecule has 2 aromatic rings. The maximum atomic E-state index is 13.8. The summed E-state index contributed by atoms with van der Waals surface area (Å²) >= 11 is 1.46. The quantitative estimate of drug-likeness (QED) is 0.855. The molecule has 1 aromatic carbocycles. The summed E-state index contributed by atoms with van der Waals surface area (Å²) in [6.45, 7) is 2.04. The average molecular weight is 279 g/mol. The molecule has 0 aliphatic heterocycles. The Kier molecular flexibility index (Phi) is 4.61. The van der Waals surface area contributed by atoms with E-state index in [1.165, 1.54) is 17.8 Å². The van der Waals surface area contributed by atoms with Crippen LogP contribution in [0, 0.1) is 5.82 Å². The van der Waals surface area contributed by atoms with Gasteiger partial charge in [-0.1, -0.05) is 19.1 Å². The molecule has 2 N–H and O–H groups in total. The van der Waals surface area contributed by atoms with E-state index in [2.05, 4.69) is 5.10 Å². The molecule has 0 bridgehead atoms. The van der Waals surface area contributed by atoms with Gasteiger partial charge in [-0.15, -0.1) is 11.8 Å². The van der Waals surface area contributed by atoms with Crippen LogP contribution in [-0.2, 0) is 7.05 Å². The lowest BCUT2D eigenvalue weighted by molar-refractivity contribution is 0.597. The molecule has 0 spiro atoms. The lowest BCUT2D eigenvalue weighted by atomic mass is 10.1. The number of nitrogens with two attached hydrogens (primary N) is 1. The molecule has 0 aliphatic rings. The number of rotatable bonds is 5. The predicted molar refractivity (Wildman–Crippen MR) is 76.5 cm³/mol. The van der Waals surface area contributed by atoms with Crippen molar-refractivity contribution in [3.05, 3.63) is 48.0 Å². The molecule has 2 atom stereocenters. The van der Waals surface area contributed by atoms with Crippen molar-refractivity contribution in [2.45, 2.75) is 29.5 Å². The molecule has 2 unspecified atom stereocenters. The molecule has 0 saturated carbocycles. The second kappa shape index (κ2) is 6.21. The van der Waals surface area contributed by atoms with Gasteiger partial charge in [0.25, 0.3) is 0 Å². The Morgan fingerprint density at radius 3 is 2.74 bits per heavy atom. The molecule has 5 heteroatoms. The highest BCUT2D eigenvalue weighted by Crippen LogP contribution is 2.38. The van der Waals surface area contributed by atoms with Crippen LogP contribution >= 0.6 is 11.8 Å². The van der Waals surface area contributed by atoms with Gasteiger partial charge in [0.1, 0.15) is 5.82 Å². The molecule has 0 radical (unpaired) electrons. The van der Waals surface area contributed by atoms with Gasteiger partial charge in [0.05, 0.1) is 11.4 Å². The fraction of sp³-hybridized carbons (Fsp3) is 0.357. The third-order valence-electron chi connectivity index (χ3n) is 3.00. The number of hydrogen-bond acceptors (Lipinski definition) is 3. The molecule has 2 rings (SSSR count). The fourth-order valence-electron chi connectivity index (χ4n) is 1.88. The molecule has 1 aromatic heterocycles. The molecule has 1 heterocycles. The highest BCUT2D eigenvalue weighted by Gasteiger charge is 2.22. The van der Waals surface area contributed by atoms with E-state index >= 15 is 0 Å². The van der Waals surface area contributed by atoms with Crippen molar-refractivity contribution < 1.29 is 4.39 Å². The van der Waals surface area contributed by atoms with Gasteiger partial charge in [0, 0.05) is 29.7 Å². The third-order valence-corrected chi connectivity index (χ3v) is 4.46. The molecular weight excluding hydrogens is 261 g/mol. The van der Waals surface area contributed by atoms with Gasteiger partial charge in [-0.2, -0.15) is 5.10 Å². The molecule has 0 amide bonds. The van der Waals surface area contributed by atoms with Gasteiger partial charge in [0.15, 0.2) is 0 Å². The van der Waals surface area contributed by atoms with Crippen molar-refractivity contribution in [2.75, 3.05) is 0 Å². The zero-order valence-corrected chi connectivity index (χ0v) is 11.9. The van der Waals surface area contributed by atoms with Crippen LogP contribution in [0.2, 0.25) is 0 Å². The summed E-state index contributed by atoms with van der Waals surface area (Å²) in [6.07, 6.45) is 4.57. The lowest BCUT2D eigenvalue weighted by Gasteiger charge is -2.21. The van der Waals surface area contributed by atoms with Crippen LogP contribution in [0.4, 0.5) is 4.39 Å². The van der Waals surface area contributed by atoms with Crippen molar-refractivity contribution in [3.8, 4) is 0 Å². The monoisotopic (exact) mass is 279 g/mol. The normalized spacial score (nSPS) is 14.3. The summed E-state index contributed by atoms with van der Waals surface area (Å²) in [4.78, 5) is 0.625. The minimum absolute atomic E-state index is 0.00981. The van der Waals surface area contributed by atoms with E-state index < -0.39 is 0 Å². The smallest absolute Gasteiger partial charge is 0.136 e. The molecule has 0 saturated heterocycles. The molecule has 0 fully saturated rings. The van der Waals surface area contributed by atoms with Crippen molar-refractivity contribution in [2.24, 2.45) is 12.8 Å². The predicted octanol–water partition coefficient (Wildman–Crippen LogP) is 3.13. The van der Waals surface area contributed by atoms with Crippen molar-refractivity contribution in [1.82, 2.24) is 9.78 Å². The molecule has 3 nitrogen and oxygen atoms in total. The maximum absolute atomic E-state index is 13.8. The average Bonchev–Trinajstić information content (AvgIpc) is 2.83. The standard InChI is InChI=1S/C14H18FN3S/c1-3-12(16)14(10-8-17-18(2)9-10)19-13-7-5-4-6-11(13)15/h4-9,12,14H,3,16H2,1-2H3. The molecule has 19 heavy (non-hydrogen) atoms. The number of nitrogens with zero attached hydrogens (tertiary/aromatic N) is 2. The zero-order chi connectivity index (χ0) is 13.8. The van der Waals surface area contributed by atoms with Gasteiger partial charge in [0.2, 0.25) is 0 Å². The summed E-state index contributed by atoms with van der Waals surface area (Å²) in [7, 11) is 1.87. The Bertz CT molecular complexity index is 541. The van der Waals surface area contributed by atoms with Crippen molar-refractivity contribution in [3.63, 3.8) is 0 Å². The van der Waals surface area contributed by atoms with Gasteiger partial charge < -0.3 is 5.73 Å².